The molecule has 6 nitrogen and oxygen atoms in total. The smallest absolute Gasteiger partial charge is 0.305 e. The Morgan fingerprint density at radius 3 is 1.16 bits per heavy atom. The summed E-state index contributed by atoms with van der Waals surface area (Å²) in [4.78, 5) is 11.9. The van der Waals surface area contributed by atoms with Gasteiger partial charge in [-0.15, -0.1) is 0 Å². The first-order chi connectivity index (χ1) is 22.2. The maximum atomic E-state index is 11.9. The van der Waals surface area contributed by atoms with Gasteiger partial charge < -0.3 is 23.7 Å². The Labute approximate surface area is 280 Å². The molecule has 0 amide bonds. The van der Waals surface area contributed by atoms with Crippen molar-refractivity contribution in [3.63, 3.8) is 0 Å². The number of hydrogen-bond acceptors (Lipinski definition) is 6. The third-order valence-corrected chi connectivity index (χ3v) is 8.37. The van der Waals surface area contributed by atoms with Gasteiger partial charge in [0.2, 0.25) is 0 Å². The fourth-order valence-electron chi connectivity index (χ4n) is 5.45. The molecule has 0 saturated heterocycles. The number of carbonyl (C=O) groups is 1. The number of rotatable bonds is 39. The summed E-state index contributed by atoms with van der Waals surface area (Å²) in [5.41, 5.74) is 0. The van der Waals surface area contributed by atoms with Crippen LogP contribution in [0.25, 0.3) is 0 Å². The largest absolute Gasteiger partial charge is 0.466 e. The van der Waals surface area contributed by atoms with Gasteiger partial charge in [0.15, 0.2) is 0 Å². The van der Waals surface area contributed by atoms with E-state index in [2.05, 4.69) is 20.8 Å². The van der Waals surface area contributed by atoms with E-state index in [1.165, 1.54) is 128 Å². The molecule has 0 aromatic heterocycles. The summed E-state index contributed by atoms with van der Waals surface area (Å²) < 4.78 is 27.7. The molecule has 0 spiro atoms. The summed E-state index contributed by atoms with van der Waals surface area (Å²) in [6, 6.07) is 0. The summed E-state index contributed by atoms with van der Waals surface area (Å²) in [6.07, 6.45) is 31.9. The van der Waals surface area contributed by atoms with Crippen molar-refractivity contribution in [2.24, 2.45) is 5.92 Å². The van der Waals surface area contributed by atoms with Gasteiger partial charge in [0.1, 0.15) is 0 Å². The number of ether oxygens (including phenoxy) is 5. The molecule has 0 atom stereocenters. The van der Waals surface area contributed by atoms with E-state index in [1.54, 1.807) is 0 Å². The maximum absolute atomic E-state index is 11.9. The third-order valence-electron chi connectivity index (χ3n) is 8.37. The fourth-order valence-corrected chi connectivity index (χ4v) is 5.45. The molecule has 0 rings (SSSR count). The monoisotopic (exact) mass is 643 g/mol. The lowest BCUT2D eigenvalue weighted by molar-refractivity contribution is -0.144. The second-order valence-electron chi connectivity index (χ2n) is 13.4. The lowest BCUT2D eigenvalue weighted by Gasteiger charge is -2.08. The van der Waals surface area contributed by atoms with Gasteiger partial charge in [-0.25, -0.2) is 0 Å². The van der Waals surface area contributed by atoms with Crippen molar-refractivity contribution in [1.29, 1.82) is 0 Å². The van der Waals surface area contributed by atoms with Gasteiger partial charge >= 0.3 is 5.97 Å². The second kappa shape index (κ2) is 39.5. The van der Waals surface area contributed by atoms with Gasteiger partial charge in [0.25, 0.3) is 0 Å². The molecule has 0 bridgehead atoms. The minimum absolute atomic E-state index is 0.107. The van der Waals surface area contributed by atoms with Crippen LogP contribution >= 0.6 is 0 Å². The Hall–Kier alpha value is -0.690. The summed E-state index contributed by atoms with van der Waals surface area (Å²) >= 11 is 0. The average molecular weight is 643 g/mol. The van der Waals surface area contributed by atoms with E-state index in [9.17, 15) is 4.79 Å². The zero-order valence-corrected chi connectivity index (χ0v) is 30.6. The lowest BCUT2D eigenvalue weighted by Crippen LogP contribution is -2.12. The Balaban J connectivity index is 3.14. The van der Waals surface area contributed by atoms with Crippen LogP contribution in [0.1, 0.15) is 181 Å². The van der Waals surface area contributed by atoms with Crippen molar-refractivity contribution in [3.8, 4) is 0 Å². The SMILES string of the molecule is CCCCCCCCCCCOCCOCCOCCOCCCC(=O)OCCCCCCCCCCCCCCCC(C)C. The molecule has 0 fully saturated rings. The van der Waals surface area contributed by atoms with Crippen LogP contribution in [0.5, 0.6) is 0 Å². The predicted octanol–water partition coefficient (Wildman–Crippen LogP) is 11.0. The predicted molar refractivity (Wildman–Crippen MR) is 190 cm³/mol. The topological polar surface area (TPSA) is 63.2 Å². The number of hydrogen-bond donors (Lipinski definition) is 0. The van der Waals surface area contributed by atoms with Crippen LogP contribution in [0.15, 0.2) is 0 Å². The van der Waals surface area contributed by atoms with Gasteiger partial charge in [-0.2, -0.15) is 0 Å². The van der Waals surface area contributed by atoms with Gasteiger partial charge in [-0.3, -0.25) is 4.79 Å². The van der Waals surface area contributed by atoms with E-state index in [1.807, 2.05) is 0 Å². The van der Waals surface area contributed by atoms with Crippen molar-refractivity contribution in [2.45, 2.75) is 181 Å². The molecule has 0 radical (unpaired) electrons. The molecular weight excluding hydrogens is 564 g/mol. The molecule has 0 aromatic carbocycles. The summed E-state index contributed by atoms with van der Waals surface area (Å²) in [7, 11) is 0. The maximum Gasteiger partial charge on any atom is 0.305 e. The fraction of sp³-hybridized carbons (Fsp3) is 0.974. The highest BCUT2D eigenvalue weighted by molar-refractivity contribution is 5.69. The molecule has 0 aromatic rings. The van der Waals surface area contributed by atoms with Crippen LogP contribution < -0.4 is 0 Å². The molecule has 0 N–H and O–H groups in total. The first-order valence-electron chi connectivity index (χ1n) is 19.6. The Kier molecular flexibility index (Phi) is 38.9. The third kappa shape index (κ3) is 41.3. The quantitative estimate of drug-likeness (QED) is 0.0491. The average Bonchev–Trinajstić information content (AvgIpc) is 3.03. The summed E-state index contributed by atoms with van der Waals surface area (Å²) in [6.45, 7) is 12.4. The highest BCUT2D eigenvalue weighted by Crippen LogP contribution is 2.14. The molecular formula is C39H78O6. The van der Waals surface area contributed by atoms with Crippen molar-refractivity contribution in [2.75, 3.05) is 59.5 Å². The first-order valence-corrected chi connectivity index (χ1v) is 19.6. The summed E-state index contributed by atoms with van der Waals surface area (Å²) in [5.74, 6) is 0.754. The van der Waals surface area contributed by atoms with E-state index in [0.717, 1.165) is 31.8 Å². The van der Waals surface area contributed by atoms with Crippen LogP contribution in [0.4, 0.5) is 0 Å². The van der Waals surface area contributed by atoms with Gasteiger partial charge in [0.05, 0.1) is 46.2 Å². The van der Waals surface area contributed by atoms with Crippen molar-refractivity contribution in [1.82, 2.24) is 0 Å². The van der Waals surface area contributed by atoms with Crippen molar-refractivity contribution >= 4 is 5.97 Å². The molecule has 0 heterocycles. The Bertz CT molecular complexity index is 556. The van der Waals surface area contributed by atoms with E-state index in [4.69, 9.17) is 23.7 Å². The van der Waals surface area contributed by atoms with Gasteiger partial charge in [-0.05, 0) is 25.2 Å². The molecule has 0 aliphatic heterocycles. The van der Waals surface area contributed by atoms with E-state index < -0.39 is 0 Å². The molecule has 0 unspecified atom stereocenters. The van der Waals surface area contributed by atoms with E-state index >= 15 is 0 Å². The van der Waals surface area contributed by atoms with Crippen LogP contribution in [0.2, 0.25) is 0 Å². The standard InChI is InChI=1S/C39H78O6/c1-4-5-6-7-8-15-18-21-24-29-41-32-34-43-36-37-44-35-33-42-30-26-28-39(40)45-31-25-22-19-16-13-11-9-10-12-14-17-20-23-27-38(2)3/h38H,4-37H2,1-3H3. The van der Waals surface area contributed by atoms with Crippen LogP contribution in [-0.2, 0) is 28.5 Å². The highest BCUT2D eigenvalue weighted by Gasteiger charge is 2.03. The minimum Gasteiger partial charge on any atom is -0.466 e. The number of esters is 1. The molecule has 270 valence electrons. The minimum atomic E-state index is -0.107. The Morgan fingerprint density at radius 1 is 0.400 bits per heavy atom. The van der Waals surface area contributed by atoms with Gasteiger partial charge in [0, 0.05) is 19.6 Å². The normalized spacial score (nSPS) is 11.6. The van der Waals surface area contributed by atoms with Crippen LogP contribution in [0.3, 0.4) is 0 Å². The van der Waals surface area contributed by atoms with E-state index in [-0.39, 0.29) is 5.97 Å². The molecule has 0 aliphatic rings. The van der Waals surface area contributed by atoms with Crippen LogP contribution in [-0.4, -0.2) is 65.4 Å². The van der Waals surface area contributed by atoms with Crippen molar-refractivity contribution < 1.29 is 28.5 Å². The number of carbonyl (C=O) groups excluding carboxylic acids is 1. The zero-order valence-electron chi connectivity index (χ0n) is 30.6. The molecule has 45 heavy (non-hydrogen) atoms. The zero-order chi connectivity index (χ0) is 32.7. The van der Waals surface area contributed by atoms with Crippen molar-refractivity contribution in [3.05, 3.63) is 0 Å². The molecule has 0 aliphatic carbocycles. The second-order valence-corrected chi connectivity index (χ2v) is 13.4. The van der Waals surface area contributed by atoms with E-state index in [0.29, 0.717) is 65.7 Å². The number of unbranched alkanes of at least 4 members (excludes halogenated alkanes) is 20. The summed E-state index contributed by atoms with van der Waals surface area (Å²) in [5, 5.41) is 0. The molecule has 6 heteroatoms. The lowest BCUT2D eigenvalue weighted by atomic mass is 10.0. The molecule has 0 saturated carbocycles. The van der Waals surface area contributed by atoms with Crippen LogP contribution in [0, 0.1) is 5.92 Å². The Morgan fingerprint density at radius 2 is 0.733 bits per heavy atom. The van der Waals surface area contributed by atoms with Gasteiger partial charge in [-0.1, -0.05) is 156 Å². The first kappa shape index (κ1) is 44.3. The highest BCUT2D eigenvalue weighted by atomic mass is 16.6.